The van der Waals surface area contributed by atoms with Gasteiger partial charge in [-0.3, -0.25) is 10.1 Å². The number of nitrogens with zero attached hydrogens (tertiary/aromatic N) is 1. The van der Waals surface area contributed by atoms with Crippen LogP contribution in [0.25, 0.3) is 0 Å². The first kappa shape index (κ1) is 10.9. The van der Waals surface area contributed by atoms with E-state index in [0.717, 1.165) is 0 Å². The molecule has 0 heterocycles. The first-order chi connectivity index (χ1) is 6.56. The van der Waals surface area contributed by atoms with E-state index in [-0.39, 0.29) is 0 Å². The standard InChI is InChI=1S/C9H9ClFNO2/c1-6-4-8(11)9(12(13)14)5-7(6)2-3-10/h4-5H,2-3H2,1H3. The van der Waals surface area contributed by atoms with Gasteiger partial charge in [0.05, 0.1) is 4.92 Å². The molecule has 0 aliphatic carbocycles. The first-order valence-corrected chi connectivity index (χ1v) is 4.59. The van der Waals surface area contributed by atoms with E-state index in [1.807, 2.05) is 0 Å². The summed E-state index contributed by atoms with van der Waals surface area (Å²) in [6, 6.07) is 2.41. The van der Waals surface area contributed by atoms with Gasteiger partial charge in [-0.2, -0.15) is 4.39 Å². The highest BCUT2D eigenvalue weighted by Gasteiger charge is 2.15. The van der Waals surface area contributed by atoms with Crippen LogP contribution >= 0.6 is 11.6 Å². The van der Waals surface area contributed by atoms with Gasteiger partial charge in [-0.05, 0) is 30.5 Å². The molecule has 0 unspecified atom stereocenters. The Morgan fingerprint density at radius 1 is 1.57 bits per heavy atom. The van der Waals surface area contributed by atoms with Crippen molar-refractivity contribution in [3.63, 3.8) is 0 Å². The summed E-state index contributed by atoms with van der Waals surface area (Å²) in [7, 11) is 0. The minimum atomic E-state index is -0.800. The summed E-state index contributed by atoms with van der Waals surface area (Å²) in [5.41, 5.74) is 0.914. The van der Waals surface area contributed by atoms with Gasteiger partial charge in [-0.15, -0.1) is 11.6 Å². The van der Waals surface area contributed by atoms with Gasteiger partial charge in [0, 0.05) is 11.9 Å². The van der Waals surface area contributed by atoms with Crippen molar-refractivity contribution >= 4 is 17.3 Å². The fourth-order valence-corrected chi connectivity index (χ4v) is 1.42. The molecule has 0 aliphatic rings. The van der Waals surface area contributed by atoms with Crippen molar-refractivity contribution < 1.29 is 9.31 Å². The van der Waals surface area contributed by atoms with Gasteiger partial charge in [0.1, 0.15) is 0 Å². The average molecular weight is 218 g/mol. The van der Waals surface area contributed by atoms with Crippen molar-refractivity contribution in [2.24, 2.45) is 0 Å². The molecule has 0 saturated heterocycles. The number of alkyl halides is 1. The zero-order chi connectivity index (χ0) is 10.7. The maximum Gasteiger partial charge on any atom is 0.305 e. The SMILES string of the molecule is Cc1cc(F)c([N+](=O)[O-])cc1CCCl. The number of aryl methyl sites for hydroxylation is 2. The van der Waals surface area contributed by atoms with Gasteiger partial charge in [0.15, 0.2) is 0 Å². The molecular weight excluding hydrogens is 209 g/mol. The smallest absolute Gasteiger partial charge is 0.258 e. The Kier molecular flexibility index (Phi) is 3.41. The number of hydrogen-bond donors (Lipinski definition) is 0. The van der Waals surface area contributed by atoms with E-state index >= 15 is 0 Å². The maximum absolute atomic E-state index is 13.0. The second-order valence-corrected chi connectivity index (χ2v) is 3.30. The lowest BCUT2D eigenvalue weighted by molar-refractivity contribution is -0.387. The lowest BCUT2D eigenvalue weighted by Crippen LogP contribution is -1.98. The average Bonchev–Trinajstić information content (AvgIpc) is 2.09. The monoisotopic (exact) mass is 217 g/mol. The zero-order valence-corrected chi connectivity index (χ0v) is 8.34. The summed E-state index contributed by atoms with van der Waals surface area (Å²) < 4.78 is 13.0. The van der Waals surface area contributed by atoms with E-state index < -0.39 is 16.4 Å². The van der Waals surface area contributed by atoms with Gasteiger partial charge in [-0.25, -0.2) is 0 Å². The molecule has 5 heteroatoms. The summed E-state index contributed by atoms with van der Waals surface area (Å²) in [5, 5.41) is 10.4. The number of rotatable bonds is 3. The van der Waals surface area contributed by atoms with Gasteiger partial charge in [0.2, 0.25) is 5.82 Å². The molecule has 0 N–H and O–H groups in total. The van der Waals surface area contributed by atoms with Crippen LogP contribution in [-0.2, 0) is 6.42 Å². The van der Waals surface area contributed by atoms with Crippen molar-refractivity contribution in [3.05, 3.63) is 39.2 Å². The molecule has 0 saturated carbocycles. The lowest BCUT2D eigenvalue weighted by atomic mass is 10.1. The molecule has 0 fully saturated rings. The largest absolute Gasteiger partial charge is 0.305 e. The summed E-state index contributed by atoms with van der Waals surface area (Å²) in [4.78, 5) is 9.69. The van der Waals surface area contributed by atoms with Gasteiger partial charge >= 0.3 is 5.69 Å². The Morgan fingerprint density at radius 3 is 2.71 bits per heavy atom. The Hall–Kier alpha value is -1.16. The van der Waals surface area contributed by atoms with Crippen LogP contribution in [-0.4, -0.2) is 10.8 Å². The fourth-order valence-electron chi connectivity index (χ4n) is 1.22. The molecule has 0 atom stereocenters. The molecule has 0 spiro atoms. The molecule has 76 valence electrons. The number of nitro groups is 1. The highest BCUT2D eigenvalue weighted by molar-refractivity contribution is 6.18. The molecule has 0 aliphatic heterocycles. The van der Waals surface area contributed by atoms with Crippen LogP contribution in [0.5, 0.6) is 0 Å². The van der Waals surface area contributed by atoms with Crippen LogP contribution in [0.15, 0.2) is 12.1 Å². The molecule has 0 aromatic heterocycles. The van der Waals surface area contributed by atoms with E-state index in [1.54, 1.807) is 6.92 Å². The van der Waals surface area contributed by atoms with Crippen LogP contribution in [0, 0.1) is 22.9 Å². The summed E-state index contributed by atoms with van der Waals surface area (Å²) in [6.07, 6.45) is 0.508. The van der Waals surface area contributed by atoms with Crippen molar-refractivity contribution in [1.82, 2.24) is 0 Å². The van der Waals surface area contributed by atoms with E-state index in [2.05, 4.69) is 0 Å². The Bertz CT molecular complexity index is 368. The number of benzene rings is 1. The zero-order valence-electron chi connectivity index (χ0n) is 7.59. The second-order valence-electron chi connectivity index (χ2n) is 2.93. The van der Waals surface area contributed by atoms with E-state index in [9.17, 15) is 14.5 Å². The van der Waals surface area contributed by atoms with Crippen LogP contribution < -0.4 is 0 Å². The maximum atomic E-state index is 13.0. The summed E-state index contributed by atoms with van der Waals surface area (Å²) in [6.45, 7) is 1.70. The van der Waals surface area contributed by atoms with Crippen molar-refractivity contribution in [2.45, 2.75) is 13.3 Å². The van der Waals surface area contributed by atoms with Crippen LogP contribution in [0.2, 0.25) is 0 Å². The van der Waals surface area contributed by atoms with E-state index in [0.29, 0.717) is 23.4 Å². The van der Waals surface area contributed by atoms with Gasteiger partial charge < -0.3 is 0 Å². The fraction of sp³-hybridized carbons (Fsp3) is 0.333. The summed E-state index contributed by atoms with van der Waals surface area (Å²) in [5.74, 6) is -0.435. The van der Waals surface area contributed by atoms with E-state index in [1.165, 1.54) is 12.1 Å². The van der Waals surface area contributed by atoms with Crippen molar-refractivity contribution in [1.29, 1.82) is 0 Å². The molecule has 1 aromatic carbocycles. The molecule has 1 rings (SSSR count). The van der Waals surface area contributed by atoms with Crippen LogP contribution in [0.3, 0.4) is 0 Å². The molecule has 3 nitrogen and oxygen atoms in total. The first-order valence-electron chi connectivity index (χ1n) is 4.05. The van der Waals surface area contributed by atoms with Crippen LogP contribution in [0.1, 0.15) is 11.1 Å². The third-order valence-electron chi connectivity index (χ3n) is 1.97. The van der Waals surface area contributed by atoms with Gasteiger partial charge in [0.25, 0.3) is 0 Å². The lowest BCUT2D eigenvalue weighted by Gasteiger charge is -2.03. The topological polar surface area (TPSA) is 43.1 Å². The van der Waals surface area contributed by atoms with E-state index in [4.69, 9.17) is 11.6 Å². The third-order valence-corrected chi connectivity index (χ3v) is 2.15. The number of nitro benzene ring substituents is 1. The highest BCUT2D eigenvalue weighted by atomic mass is 35.5. The highest BCUT2D eigenvalue weighted by Crippen LogP contribution is 2.22. The molecular formula is C9H9ClFNO2. The Labute approximate surface area is 85.6 Å². The number of halogens is 2. The third kappa shape index (κ3) is 2.20. The minimum absolute atomic E-state index is 0.365. The Morgan fingerprint density at radius 2 is 2.21 bits per heavy atom. The van der Waals surface area contributed by atoms with Crippen molar-refractivity contribution in [3.8, 4) is 0 Å². The quantitative estimate of drug-likeness (QED) is 0.444. The predicted octanol–water partition coefficient (Wildman–Crippen LogP) is 2.82. The molecule has 0 radical (unpaired) electrons. The van der Waals surface area contributed by atoms with Gasteiger partial charge in [-0.1, -0.05) is 0 Å². The van der Waals surface area contributed by atoms with Crippen LogP contribution in [0.4, 0.5) is 10.1 Å². The molecule has 14 heavy (non-hydrogen) atoms. The second kappa shape index (κ2) is 4.37. The number of hydrogen-bond acceptors (Lipinski definition) is 2. The van der Waals surface area contributed by atoms with Crippen molar-refractivity contribution in [2.75, 3.05) is 5.88 Å². The predicted molar refractivity (Wildman–Crippen MR) is 52.2 cm³/mol. The summed E-state index contributed by atoms with van der Waals surface area (Å²) >= 11 is 5.52. The molecule has 0 amide bonds. The Balaban J connectivity index is 3.20. The normalized spacial score (nSPS) is 10.2. The molecule has 0 bridgehead atoms. The minimum Gasteiger partial charge on any atom is -0.258 e. The molecule has 1 aromatic rings.